The maximum atomic E-state index is 12.5. The summed E-state index contributed by atoms with van der Waals surface area (Å²) in [6, 6.07) is 5.51. The van der Waals surface area contributed by atoms with Crippen molar-refractivity contribution in [1.82, 2.24) is 25.1 Å². The molecule has 4 rings (SSSR count). The molecule has 1 fully saturated rings. The Balaban J connectivity index is 1.34. The molecule has 0 aliphatic heterocycles. The van der Waals surface area contributed by atoms with Crippen molar-refractivity contribution in [1.29, 1.82) is 0 Å². The Hall–Kier alpha value is -2.97. The molecule has 0 unspecified atom stereocenters. The molecule has 9 heteroatoms. The Kier molecular flexibility index (Phi) is 4.74. The summed E-state index contributed by atoms with van der Waals surface area (Å²) in [5.74, 6) is 0.429. The van der Waals surface area contributed by atoms with Crippen molar-refractivity contribution < 1.29 is 18.0 Å². The molecule has 3 heterocycles. The molecule has 146 valence electrons. The standard InChI is InChI=1S/C19H18F3N5O/c20-19(21,22)11-27-17-10-24-16(5-14(17)8-26-27)9-25-18(28)6-15-4-3-13(7-23-15)12-1-2-12/h3-5,7-8,10,12H,1-2,6,9,11H2,(H,25,28). The lowest BCUT2D eigenvalue weighted by atomic mass is 10.1. The lowest BCUT2D eigenvalue weighted by Gasteiger charge is -2.08. The minimum atomic E-state index is -4.35. The number of hydrogen-bond acceptors (Lipinski definition) is 4. The molecule has 0 atom stereocenters. The fourth-order valence-electron chi connectivity index (χ4n) is 3.03. The van der Waals surface area contributed by atoms with Gasteiger partial charge in [0.25, 0.3) is 0 Å². The molecule has 0 radical (unpaired) electrons. The third-order valence-electron chi connectivity index (χ3n) is 4.62. The van der Waals surface area contributed by atoms with Crippen LogP contribution in [0.5, 0.6) is 0 Å². The lowest BCUT2D eigenvalue weighted by molar-refractivity contribution is -0.141. The summed E-state index contributed by atoms with van der Waals surface area (Å²) in [5, 5.41) is 7.06. The number of aromatic nitrogens is 4. The van der Waals surface area contributed by atoms with Crippen LogP contribution >= 0.6 is 0 Å². The van der Waals surface area contributed by atoms with Crippen LogP contribution in [0.25, 0.3) is 10.9 Å². The molecule has 3 aromatic heterocycles. The molecule has 0 bridgehead atoms. The van der Waals surface area contributed by atoms with Crippen LogP contribution in [0.3, 0.4) is 0 Å². The van der Waals surface area contributed by atoms with Crippen molar-refractivity contribution in [2.75, 3.05) is 0 Å². The maximum Gasteiger partial charge on any atom is 0.408 e. The third-order valence-corrected chi connectivity index (χ3v) is 4.62. The largest absolute Gasteiger partial charge is 0.408 e. The summed E-state index contributed by atoms with van der Waals surface area (Å²) in [6.45, 7) is -0.986. The fourth-order valence-corrected chi connectivity index (χ4v) is 3.03. The van der Waals surface area contributed by atoms with Crippen LogP contribution in [-0.2, 0) is 24.3 Å². The number of rotatable bonds is 6. The number of halogens is 3. The van der Waals surface area contributed by atoms with Crippen molar-refractivity contribution in [3.05, 3.63) is 53.7 Å². The zero-order chi connectivity index (χ0) is 19.7. The van der Waals surface area contributed by atoms with Gasteiger partial charge in [-0.3, -0.25) is 19.4 Å². The smallest absolute Gasteiger partial charge is 0.350 e. The molecular formula is C19H18F3N5O. The molecule has 1 amide bonds. The maximum absolute atomic E-state index is 12.5. The van der Waals surface area contributed by atoms with E-state index in [0.717, 1.165) is 4.68 Å². The van der Waals surface area contributed by atoms with Crippen LogP contribution in [0, 0.1) is 0 Å². The highest BCUT2D eigenvalue weighted by Gasteiger charge is 2.29. The molecule has 3 aromatic rings. The first kappa shape index (κ1) is 18.4. The van der Waals surface area contributed by atoms with E-state index in [0.29, 0.717) is 28.2 Å². The normalized spacial score (nSPS) is 14.4. The Morgan fingerprint density at radius 2 is 1.93 bits per heavy atom. The molecule has 6 nitrogen and oxygen atoms in total. The quantitative estimate of drug-likeness (QED) is 0.703. The van der Waals surface area contributed by atoms with Gasteiger partial charge in [-0.05, 0) is 36.5 Å². The minimum Gasteiger partial charge on any atom is -0.350 e. The van der Waals surface area contributed by atoms with E-state index in [4.69, 9.17) is 0 Å². The number of nitrogens with one attached hydrogen (secondary N) is 1. The summed E-state index contributed by atoms with van der Waals surface area (Å²) in [7, 11) is 0. The van der Waals surface area contributed by atoms with E-state index in [1.165, 1.54) is 30.8 Å². The van der Waals surface area contributed by atoms with Gasteiger partial charge in [-0.1, -0.05) is 6.07 Å². The van der Waals surface area contributed by atoms with Crippen molar-refractivity contribution >= 4 is 16.8 Å². The molecule has 0 saturated heterocycles. The lowest BCUT2D eigenvalue weighted by Crippen LogP contribution is -2.25. The monoisotopic (exact) mass is 389 g/mol. The summed E-state index contributed by atoms with van der Waals surface area (Å²) < 4.78 is 38.5. The first-order valence-electron chi connectivity index (χ1n) is 8.96. The van der Waals surface area contributed by atoms with Crippen LogP contribution in [0.4, 0.5) is 13.2 Å². The van der Waals surface area contributed by atoms with Crippen molar-refractivity contribution in [3.8, 4) is 0 Å². The zero-order valence-electron chi connectivity index (χ0n) is 14.9. The van der Waals surface area contributed by atoms with E-state index in [-0.39, 0.29) is 18.9 Å². The van der Waals surface area contributed by atoms with E-state index in [1.54, 1.807) is 6.07 Å². The summed E-state index contributed by atoms with van der Waals surface area (Å²) in [5.41, 5.74) is 2.75. The average molecular weight is 389 g/mol. The number of nitrogens with zero attached hydrogens (tertiary/aromatic N) is 4. The molecule has 0 spiro atoms. The van der Waals surface area contributed by atoms with Gasteiger partial charge in [-0.25, -0.2) is 0 Å². The van der Waals surface area contributed by atoms with Crippen molar-refractivity contribution in [3.63, 3.8) is 0 Å². The van der Waals surface area contributed by atoms with Gasteiger partial charge < -0.3 is 5.32 Å². The van der Waals surface area contributed by atoms with Gasteiger partial charge in [0.1, 0.15) is 6.54 Å². The van der Waals surface area contributed by atoms with Crippen LogP contribution < -0.4 is 5.32 Å². The molecule has 1 saturated carbocycles. The fraction of sp³-hybridized carbons (Fsp3) is 0.368. The summed E-state index contributed by atoms with van der Waals surface area (Å²) in [6.07, 6.45) is 2.75. The van der Waals surface area contributed by atoms with Crippen LogP contribution in [-0.4, -0.2) is 31.8 Å². The number of carbonyl (C=O) groups excluding carboxylic acids is 1. The third kappa shape index (κ3) is 4.47. The highest BCUT2D eigenvalue weighted by Crippen LogP contribution is 2.39. The number of fused-ring (bicyclic) bond motifs is 1. The van der Waals surface area contributed by atoms with Crippen molar-refractivity contribution in [2.45, 2.75) is 44.4 Å². The van der Waals surface area contributed by atoms with E-state index >= 15 is 0 Å². The number of amides is 1. The predicted octanol–water partition coefficient (Wildman–Crippen LogP) is 3.12. The molecule has 1 aliphatic rings. The molecule has 0 aromatic carbocycles. The van der Waals surface area contributed by atoms with Gasteiger partial charge in [0.05, 0.1) is 36.6 Å². The number of alkyl halides is 3. The first-order chi connectivity index (χ1) is 13.4. The van der Waals surface area contributed by atoms with E-state index < -0.39 is 12.7 Å². The SMILES string of the molecule is O=C(Cc1ccc(C2CC2)cn1)NCc1cc2cnn(CC(F)(F)F)c2cn1. The van der Waals surface area contributed by atoms with Crippen LogP contribution in [0.1, 0.15) is 35.7 Å². The zero-order valence-corrected chi connectivity index (χ0v) is 14.9. The van der Waals surface area contributed by atoms with Crippen molar-refractivity contribution in [2.24, 2.45) is 0 Å². The van der Waals surface area contributed by atoms with Gasteiger partial charge in [-0.2, -0.15) is 18.3 Å². The second-order valence-corrected chi connectivity index (χ2v) is 6.96. The summed E-state index contributed by atoms with van der Waals surface area (Å²) >= 11 is 0. The highest BCUT2D eigenvalue weighted by atomic mass is 19.4. The predicted molar refractivity (Wildman–Crippen MR) is 95.3 cm³/mol. The Bertz CT molecular complexity index is 993. The number of hydrogen-bond donors (Lipinski definition) is 1. The summed E-state index contributed by atoms with van der Waals surface area (Å²) in [4.78, 5) is 20.6. The van der Waals surface area contributed by atoms with Gasteiger partial charge in [0.2, 0.25) is 5.91 Å². The minimum absolute atomic E-state index is 0.163. The number of carbonyl (C=O) groups is 1. The molecule has 28 heavy (non-hydrogen) atoms. The first-order valence-corrected chi connectivity index (χ1v) is 8.96. The van der Waals surface area contributed by atoms with Gasteiger partial charge in [0, 0.05) is 17.3 Å². The van der Waals surface area contributed by atoms with E-state index in [1.807, 2.05) is 18.3 Å². The Morgan fingerprint density at radius 3 is 2.61 bits per heavy atom. The van der Waals surface area contributed by atoms with Gasteiger partial charge >= 0.3 is 6.18 Å². The van der Waals surface area contributed by atoms with Gasteiger partial charge in [-0.15, -0.1) is 0 Å². The van der Waals surface area contributed by atoms with E-state index in [9.17, 15) is 18.0 Å². The second-order valence-electron chi connectivity index (χ2n) is 6.96. The highest BCUT2D eigenvalue weighted by molar-refractivity contribution is 5.79. The van der Waals surface area contributed by atoms with Gasteiger partial charge in [0.15, 0.2) is 0 Å². The Morgan fingerprint density at radius 1 is 1.14 bits per heavy atom. The van der Waals surface area contributed by atoms with E-state index in [2.05, 4.69) is 20.4 Å². The number of pyridine rings is 2. The second kappa shape index (κ2) is 7.21. The average Bonchev–Trinajstić information content (AvgIpc) is 3.42. The van der Waals surface area contributed by atoms with Crippen LogP contribution in [0.15, 0.2) is 36.8 Å². The van der Waals surface area contributed by atoms with Crippen LogP contribution in [0.2, 0.25) is 0 Å². The molecule has 1 N–H and O–H groups in total. The topological polar surface area (TPSA) is 72.7 Å². The molecule has 1 aliphatic carbocycles. The Labute approximate surface area is 158 Å². The molecular weight excluding hydrogens is 371 g/mol.